The van der Waals surface area contributed by atoms with Gasteiger partial charge < -0.3 is 4.90 Å². The molecule has 2 aliphatic heterocycles. The standard InChI is InChI=1S/C20H18N2O3/c1-13-7-2-3-8-14(13)19(24)22-16-10-5-4-9-15(16)18(23)21-12-6-11-17(21)20(22)25/h2-5,7-10,17H,6,11-12H2,1H3/t17-/m0/s1. The number of hydrogen-bond acceptors (Lipinski definition) is 3. The van der Waals surface area contributed by atoms with E-state index in [1.165, 1.54) is 4.90 Å². The van der Waals surface area contributed by atoms with Gasteiger partial charge in [0, 0.05) is 12.1 Å². The van der Waals surface area contributed by atoms with Gasteiger partial charge in [0.15, 0.2) is 0 Å². The molecule has 126 valence electrons. The Morgan fingerprint density at radius 1 is 1.04 bits per heavy atom. The summed E-state index contributed by atoms with van der Waals surface area (Å²) in [5, 5.41) is 0. The summed E-state index contributed by atoms with van der Waals surface area (Å²) in [6.45, 7) is 2.39. The van der Waals surface area contributed by atoms with Crippen LogP contribution in [-0.4, -0.2) is 35.2 Å². The van der Waals surface area contributed by atoms with E-state index in [0.717, 1.165) is 12.0 Å². The predicted octanol–water partition coefficient (Wildman–Crippen LogP) is 2.79. The Morgan fingerprint density at radius 3 is 2.56 bits per heavy atom. The summed E-state index contributed by atoms with van der Waals surface area (Å²) in [4.78, 5) is 42.1. The summed E-state index contributed by atoms with van der Waals surface area (Å²) < 4.78 is 0. The van der Waals surface area contributed by atoms with Crippen LogP contribution in [0.2, 0.25) is 0 Å². The van der Waals surface area contributed by atoms with Crippen LogP contribution in [-0.2, 0) is 4.79 Å². The van der Waals surface area contributed by atoms with Crippen LogP contribution in [0.1, 0.15) is 39.1 Å². The number of para-hydroxylation sites is 1. The summed E-state index contributed by atoms with van der Waals surface area (Å²) in [7, 11) is 0. The van der Waals surface area contributed by atoms with Crippen molar-refractivity contribution in [2.75, 3.05) is 11.4 Å². The molecular weight excluding hydrogens is 316 g/mol. The summed E-state index contributed by atoms with van der Waals surface area (Å²) >= 11 is 0. The van der Waals surface area contributed by atoms with Crippen LogP contribution >= 0.6 is 0 Å². The number of hydrogen-bond donors (Lipinski definition) is 0. The van der Waals surface area contributed by atoms with E-state index in [2.05, 4.69) is 0 Å². The summed E-state index contributed by atoms with van der Waals surface area (Å²) in [6.07, 6.45) is 1.37. The highest BCUT2D eigenvalue weighted by Gasteiger charge is 2.44. The van der Waals surface area contributed by atoms with E-state index in [-0.39, 0.29) is 17.7 Å². The second-order valence-corrected chi connectivity index (χ2v) is 6.47. The number of amides is 3. The Hall–Kier alpha value is -2.95. The Balaban J connectivity index is 1.89. The summed E-state index contributed by atoms with van der Waals surface area (Å²) in [5.41, 5.74) is 2.06. The molecule has 1 atom stereocenters. The molecule has 0 N–H and O–H groups in total. The lowest BCUT2D eigenvalue weighted by Gasteiger charge is -2.25. The van der Waals surface area contributed by atoms with Gasteiger partial charge in [0.2, 0.25) is 0 Å². The number of rotatable bonds is 1. The molecule has 2 aromatic carbocycles. The molecule has 0 bridgehead atoms. The molecule has 0 radical (unpaired) electrons. The SMILES string of the molecule is Cc1ccccc1C(=O)N1C(=O)[C@@H]2CCCN2C(=O)c2ccccc21. The number of nitrogens with zero attached hydrogens (tertiary/aromatic N) is 2. The molecule has 1 fully saturated rings. The fourth-order valence-corrected chi connectivity index (χ4v) is 3.68. The Bertz CT molecular complexity index is 890. The number of carbonyl (C=O) groups is 3. The third-order valence-electron chi connectivity index (χ3n) is 4.97. The quantitative estimate of drug-likeness (QED) is 0.754. The summed E-state index contributed by atoms with van der Waals surface area (Å²) in [5.74, 6) is -0.868. The molecule has 0 saturated carbocycles. The molecular formula is C20H18N2O3. The van der Waals surface area contributed by atoms with Gasteiger partial charge in [-0.05, 0) is 43.5 Å². The topological polar surface area (TPSA) is 57.7 Å². The molecule has 3 amide bonds. The minimum atomic E-state index is -0.562. The monoisotopic (exact) mass is 334 g/mol. The molecule has 0 aromatic heterocycles. The van der Waals surface area contributed by atoms with Gasteiger partial charge in [-0.2, -0.15) is 0 Å². The van der Waals surface area contributed by atoms with Crippen molar-refractivity contribution in [3.05, 3.63) is 65.2 Å². The minimum absolute atomic E-state index is 0.175. The van der Waals surface area contributed by atoms with E-state index >= 15 is 0 Å². The number of fused-ring (bicyclic) bond motifs is 2. The van der Waals surface area contributed by atoms with Crippen LogP contribution in [0, 0.1) is 6.92 Å². The van der Waals surface area contributed by atoms with Crippen molar-refractivity contribution in [2.24, 2.45) is 0 Å². The van der Waals surface area contributed by atoms with Crippen LogP contribution in [0.5, 0.6) is 0 Å². The van der Waals surface area contributed by atoms with Crippen LogP contribution in [0.15, 0.2) is 48.5 Å². The third kappa shape index (κ3) is 2.35. The van der Waals surface area contributed by atoms with Gasteiger partial charge in [-0.15, -0.1) is 0 Å². The van der Waals surface area contributed by atoms with Crippen LogP contribution in [0.3, 0.4) is 0 Å². The zero-order chi connectivity index (χ0) is 17.6. The first-order chi connectivity index (χ1) is 12.1. The van der Waals surface area contributed by atoms with Gasteiger partial charge in [0.05, 0.1) is 11.3 Å². The Morgan fingerprint density at radius 2 is 1.76 bits per heavy atom. The zero-order valence-corrected chi connectivity index (χ0v) is 13.9. The molecule has 2 heterocycles. The first-order valence-electron chi connectivity index (χ1n) is 8.43. The van der Waals surface area contributed by atoms with Gasteiger partial charge in [-0.1, -0.05) is 30.3 Å². The second kappa shape index (κ2) is 5.84. The van der Waals surface area contributed by atoms with Crippen LogP contribution in [0.25, 0.3) is 0 Å². The van der Waals surface area contributed by atoms with E-state index in [9.17, 15) is 14.4 Å². The zero-order valence-electron chi connectivity index (χ0n) is 13.9. The largest absolute Gasteiger partial charge is 0.327 e. The second-order valence-electron chi connectivity index (χ2n) is 6.47. The number of anilines is 1. The van der Waals surface area contributed by atoms with Crippen LogP contribution < -0.4 is 4.90 Å². The lowest BCUT2D eigenvalue weighted by Crippen LogP contribution is -2.47. The predicted molar refractivity (Wildman–Crippen MR) is 93.5 cm³/mol. The maximum absolute atomic E-state index is 13.2. The van der Waals surface area contributed by atoms with Gasteiger partial charge in [0.1, 0.15) is 6.04 Å². The van der Waals surface area contributed by atoms with Crippen molar-refractivity contribution in [1.29, 1.82) is 0 Å². The van der Waals surface area contributed by atoms with Crippen molar-refractivity contribution in [3.8, 4) is 0 Å². The molecule has 5 nitrogen and oxygen atoms in total. The average Bonchev–Trinajstić information content (AvgIpc) is 3.09. The lowest BCUT2D eigenvalue weighted by atomic mass is 10.1. The van der Waals surface area contributed by atoms with Crippen molar-refractivity contribution in [3.63, 3.8) is 0 Å². The minimum Gasteiger partial charge on any atom is -0.327 e. The van der Waals surface area contributed by atoms with Crippen molar-refractivity contribution < 1.29 is 14.4 Å². The maximum atomic E-state index is 13.2. The van der Waals surface area contributed by atoms with E-state index in [1.807, 2.05) is 19.1 Å². The smallest absolute Gasteiger partial charge is 0.265 e. The third-order valence-corrected chi connectivity index (χ3v) is 4.97. The molecule has 0 spiro atoms. The van der Waals surface area contributed by atoms with Crippen molar-refractivity contribution in [2.45, 2.75) is 25.8 Å². The Labute approximate surface area is 145 Å². The molecule has 2 aliphatic rings. The fourth-order valence-electron chi connectivity index (χ4n) is 3.68. The molecule has 0 aliphatic carbocycles. The van der Waals surface area contributed by atoms with E-state index in [1.54, 1.807) is 41.3 Å². The number of benzene rings is 2. The number of imide groups is 1. The molecule has 25 heavy (non-hydrogen) atoms. The molecule has 0 unspecified atom stereocenters. The molecule has 4 rings (SSSR count). The lowest BCUT2D eigenvalue weighted by molar-refractivity contribution is -0.121. The molecule has 5 heteroatoms. The number of aryl methyl sites for hydroxylation is 1. The molecule has 2 aromatic rings. The maximum Gasteiger partial charge on any atom is 0.265 e. The number of carbonyl (C=O) groups excluding carboxylic acids is 3. The van der Waals surface area contributed by atoms with E-state index in [0.29, 0.717) is 29.8 Å². The highest BCUT2D eigenvalue weighted by atomic mass is 16.2. The van der Waals surface area contributed by atoms with Gasteiger partial charge in [-0.25, -0.2) is 4.90 Å². The highest BCUT2D eigenvalue weighted by Crippen LogP contribution is 2.33. The van der Waals surface area contributed by atoms with E-state index < -0.39 is 6.04 Å². The summed E-state index contributed by atoms with van der Waals surface area (Å²) in [6, 6.07) is 13.5. The highest BCUT2D eigenvalue weighted by molar-refractivity contribution is 6.26. The van der Waals surface area contributed by atoms with Crippen LogP contribution in [0.4, 0.5) is 5.69 Å². The van der Waals surface area contributed by atoms with E-state index in [4.69, 9.17) is 0 Å². The van der Waals surface area contributed by atoms with Gasteiger partial charge >= 0.3 is 0 Å². The first kappa shape index (κ1) is 15.6. The van der Waals surface area contributed by atoms with Gasteiger partial charge in [0.25, 0.3) is 17.7 Å². The Kier molecular flexibility index (Phi) is 3.64. The molecule has 1 saturated heterocycles. The fraction of sp³-hybridized carbons (Fsp3) is 0.250. The van der Waals surface area contributed by atoms with Crippen molar-refractivity contribution in [1.82, 2.24) is 4.90 Å². The first-order valence-corrected chi connectivity index (χ1v) is 8.43. The average molecular weight is 334 g/mol. The van der Waals surface area contributed by atoms with Crippen molar-refractivity contribution >= 4 is 23.4 Å². The van der Waals surface area contributed by atoms with Gasteiger partial charge in [-0.3, -0.25) is 14.4 Å². The normalized spacial score (nSPS) is 19.5.